The number of hydrogen-bond acceptors (Lipinski definition) is 9. The highest BCUT2D eigenvalue weighted by atomic mass is 16.6. The van der Waals surface area contributed by atoms with E-state index < -0.39 is 84.6 Å². The van der Waals surface area contributed by atoms with Crippen LogP contribution in [0.25, 0.3) is 0 Å². The molecule has 2 rings (SSSR count). The number of methoxy groups -OCH3 is 2. The minimum absolute atomic E-state index is 0.121. The number of ketones is 2. The van der Waals surface area contributed by atoms with Gasteiger partial charge in [-0.3, -0.25) is 14.4 Å². The van der Waals surface area contributed by atoms with Gasteiger partial charge < -0.3 is 35.7 Å². The summed E-state index contributed by atoms with van der Waals surface area (Å²) < 4.78 is 55.3. The SMILES string of the molecule is [2H]C([2H])=C([2H])C([2H])([2H])NC1=C2C[C@@H](C)C[C@H](OC)[C@H](O)[C@@H](C)/C=C(\C)[C@H](OC(N)=O)[C@@H](OC)/C=C\C=C(/C)C(=O)NC(=CC1=O)C2=O. The molecule has 0 saturated carbocycles. The van der Waals surface area contributed by atoms with Crippen LogP contribution >= 0.6 is 0 Å². The Bertz CT molecular complexity index is 1430. The van der Waals surface area contributed by atoms with Crippen LogP contribution in [0.1, 0.15) is 47.4 Å². The third-order valence-corrected chi connectivity index (χ3v) is 7.04. The molecule has 1 aliphatic carbocycles. The number of amides is 2. The molecule has 6 atom stereocenters. The van der Waals surface area contributed by atoms with E-state index in [9.17, 15) is 24.3 Å². The molecule has 0 aromatic rings. The number of fused-ring (bicyclic) bond motifs is 2. The van der Waals surface area contributed by atoms with Gasteiger partial charge in [0.2, 0.25) is 11.6 Å². The van der Waals surface area contributed by atoms with Gasteiger partial charge in [0, 0.05) is 43.9 Å². The molecule has 0 aromatic carbocycles. The van der Waals surface area contributed by atoms with Crippen molar-refractivity contribution in [1.29, 1.82) is 0 Å². The minimum Gasteiger partial charge on any atom is -0.439 e. The number of primary amides is 1. The molecule has 0 unspecified atom stereocenters. The summed E-state index contributed by atoms with van der Waals surface area (Å²) in [6, 6.07) is -1.06. The fraction of sp³-hybridized carbons (Fsp3) is 0.484. The first-order valence-electron chi connectivity index (χ1n) is 15.9. The van der Waals surface area contributed by atoms with Crippen molar-refractivity contribution < 1.29 is 45.3 Å². The number of aliphatic hydroxyl groups is 1. The molecule has 2 bridgehead atoms. The highest BCUT2D eigenvalue weighted by molar-refractivity contribution is 6.23. The van der Waals surface area contributed by atoms with Gasteiger partial charge in [0.05, 0.1) is 30.5 Å². The second kappa shape index (κ2) is 16.0. The van der Waals surface area contributed by atoms with Crippen LogP contribution in [0.2, 0.25) is 0 Å². The fourth-order valence-electron chi connectivity index (χ4n) is 4.82. The Morgan fingerprint density at radius 1 is 1.31 bits per heavy atom. The molecule has 0 saturated heterocycles. The molecule has 0 aromatic heterocycles. The maximum Gasteiger partial charge on any atom is 0.405 e. The molecule has 5 N–H and O–H groups in total. The van der Waals surface area contributed by atoms with E-state index in [0.29, 0.717) is 5.57 Å². The maximum atomic E-state index is 13.7. The average molecular weight is 591 g/mol. The second-order valence-corrected chi connectivity index (χ2v) is 10.3. The number of nitrogens with one attached hydrogen (secondary N) is 2. The number of aliphatic hydroxyl groups excluding tert-OH is 1. The van der Waals surface area contributed by atoms with Gasteiger partial charge in [-0.2, -0.15) is 0 Å². The molecule has 42 heavy (non-hydrogen) atoms. The van der Waals surface area contributed by atoms with Gasteiger partial charge in [0.15, 0.2) is 6.10 Å². The number of carbonyl (C=O) groups is 4. The predicted octanol–water partition coefficient (Wildman–Crippen LogP) is 2.54. The first-order valence-corrected chi connectivity index (χ1v) is 13.4. The average Bonchev–Trinajstić information content (AvgIpc) is 2.99. The predicted molar refractivity (Wildman–Crippen MR) is 158 cm³/mol. The second-order valence-electron chi connectivity index (χ2n) is 10.3. The summed E-state index contributed by atoms with van der Waals surface area (Å²) >= 11 is 0. The summed E-state index contributed by atoms with van der Waals surface area (Å²) in [5.41, 5.74) is 4.91. The van der Waals surface area contributed by atoms with Gasteiger partial charge in [-0.15, -0.1) is 6.53 Å². The Kier molecular flexibility index (Phi) is 10.3. The van der Waals surface area contributed by atoms with Crippen LogP contribution < -0.4 is 16.4 Å². The largest absolute Gasteiger partial charge is 0.439 e. The normalized spacial score (nSPS) is 33.5. The highest BCUT2D eigenvalue weighted by Gasteiger charge is 2.33. The molecule has 11 heteroatoms. The summed E-state index contributed by atoms with van der Waals surface area (Å²) in [5, 5.41) is 15.9. The van der Waals surface area contributed by atoms with Gasteiger partial charge in [0.1, 0.15) is 6.10 Å². The Hall–Kier alpha value is -3.80. The van der Waals surface area contributed by atoms with Crippen molar-refractivity contribution in [2.24, 2.45) is 17.6 Å². The van der Waals surface area contributed by atoms with Gasteiger partial charge in [-0.05, 0) is 38.2 Å². The molecule has 2 aliphatic rings. The lowest BCUT2D eigenvalue weighted by Gasteiger charge is -2.30. The van der Waals surface area contributed by atoms with Crippen molar-refractivity contribution in [3.8, 4) is 0 Å². The van der Waals surface area contributed by atoms with Gasteiger partial charge >= 0.3 is 6.09 Å². The zero-order valence-corrected chi connectivity index (χ0v) is 24.6. The Morgan fingerprint density at radius 3 is 2.64 bits per heavy atom. The summed E-state index contributed by atoms with van der Waals surface area (Å²) in [5.74, 6) is -3.41. The minimum atomic E-state index is -2.86. The monoisotopic (exact) mass is 590 g/mol. The van der Waals surface area contributed by atoms with Crippen LogP contribution in [0.3, 0.4) is 0 Å². The lowest BCUT2D eigenvalue weighted by Crippen LogP contribution is -2.37. The summed E-state index contributed by atoms with van der Waals surface area (Å²) in [7, 11) is 2.78. The van der Waals surface area contributed by atoms with Crippen molar-refractivity contribution >= 4 is 23.6 Å². The summed E-state index contributed by atoms with van der Waals surface area (Å²) in [4.78, 5) is 51.9. The van der Waals surface area contributed by atoms with E-state index in [0.717, 1.165) is 6.08 Å². The molecular formula is C31H43N3O8. The van der Waals surface area contributed by atoms with Crippen molar-refractivity contribution in [3.05, 3.63) is 71.1 Å². The number of nitrogens with two attached hydrogens (primary N) is 1. The number of hydrogen-bond donors (Lipinski definition) is 4. The first kappa shape index (κ1) is 27.1. The Balaban J connectivity index is 2.71. The summed E-state index contributed by atoms with van der Waals surface area (Å²) in [6.45, 7) is 2.60. The van der Waals surface area contributed by atoms with Crippen molar-refractivity contribution in [1.82, 2.24) is 10.6 Å². The molecule has 0 fully saturated rings. The lowest BCUT2D eigenvalue weighted by atomic mass is 9.85. The van der Waals surface area contributed by atoms with E-state index >= 15 is 0 Å². The summed E-state index contributed by atoms with van der Waals surface area (Å²) in [6.07, 6.45) is 2.15. The Labute approximate surface area is 254 Å². The smallest absolute Gasteiger partial charge is 0.405 e. The first-order chi connectivity index (χ1) is 21.8. The third kappa shape index (κ3) is 9.10. The maximum absolute atomic E-state index is 13.7. The number of ether oxygens (including phenoxy) is 3. The quantitative estimate of drug-likeness (QED) is 0.269. The molecule has 0 radical (unpaired) electrons. The van der Waals surface area contributed by atoms with E-state index in [1.165, 1.54) is 39.4 Å². The van der Waals surface area contributed by atoms with Crippen LogP contribution in [-0.2, 0) is 28.6 Å². The van der Waals surface area contributed by atoms with Crippen molar-refractivity contribution in [2.75, 3.05) is 20.7 Å². The van der Waals surface area contributed by atoms with Crippen LogP contribution in [0, 0.1) is 11.8 Å². The fourth-order valence-corrected chi connectivity index (χ4v) is 4.82. The Morgan fingerprint density at radius 2 is 2.02 bits per heavy atom. The third-order valence-electron chi connectivity index (χ3n) is 7.04. The lowest BCUT2D eigenvalue weighted by molar-refractivity contribution is -0.120. The van der Waals surface area contributed by atoms with E-state index in [1.807, 2.05) is 0 Å². The molecular weight excluding hydrogens is 542 g/mol. The van der Waals surface area contributed by atoms with Crippen LogP contribution in [-0.4, -0.2) is 73.8 Å². The zero-order valence-electron chi connectivity index (χ0n) is 29.6. The van der Waals surface area contributed by atoms with E-state index in [-0.39, 0.29) is 29.7 Å². The van der Waals surface area contributed by atoms with Crippen molar-refractivity contribution in [3.63, 3.8) is 0 Å². The molecule has 2 amide bonds. The van der Waals surface area contributed by atoms with Gasteiger partial charge in [0.25, 0.3) is 5.91 Å². The molecule has 1 heterocycles. The van der Waals surface area contributed by atoms with Crippen LogP contribution in [0.5, 0.6) is 0 Å². The number of allylic oxidation sites excluding steroid dienone is 4. The van der Waals surface area contributed by atoms with E-state index in [1.54, 1.807) is 26.8 Å². The molecule has 0 spiro atoms. The van der Waals surface area contributed by atoms with E-state index in [2.05, 4.69) is 10.6 Å². The number of carbonyl (C=O) groups excluding carboxylic acids is 4. The number of Topliss-reactive ketones (excluding diaryl/α,β-unsaturated/α-hetero) is 1. The van der Waals surface area contributed by atoms with Gasteiger partial charge in [-0.1, -0.05) is 44.2 Å². The molecule has 1 aliphatic heterocycles. The van der Waals surface area contributed by atoms with Crippen LogP contribution in [0.4, 0.5) is 4.79 Å². The highest BCUT2D eigenvalue weighted by Crippen LogP contribution is 2.28. The van der Waals surface area contributed by atoms with Crippen LogP contribution in [0.15, 0.2) is 71.1 Å². The topological polar surface area (TPSA) is 166 Å². The zero-order chi connectivity index (χ0) is 35.8. The van der Waals surface area contributed by atoms with Crippen molar-refractivity contribution in [2.45, 2.75) is 65.0 Å². The molecule has 11 nitrogen and oxygen atoms in total. The number of rotatable bonds is 6. The van der Waals surface area contributed by atoms with E-state index in [4.69, 9.17) is 26.8 Å². The standard InChI is InChI=1S/C31H43N3O8/c1-8-12-33-26-21-13-17(2)14-25(41-7)27(36)19(4)15-20(5)29(42-31(32)39)24(40-6)11-9-10-18(3)30(38)34-22(28(21)37)16-23(26)35/h8-11,15-17,19,24-25,27,29,33,36H,1,12-14H2,2-7H3,(H2,32,39)(H,34,38)/b11-9-,18-10+,20-15+/t17-,19+,24+,25+,27-,29+/m1/s1/i1D2,8D,12D2. The molecule has 230 valence electrons. The van der Waals surface area contributed by atoms with Gasteiger partial charge in [-0.25, -0.2) is 4.79 Å².